The number of fused-ring (bicyclic) bond motifs is 2. The zero-order chi connectivity index (χ0) is 48.6. The molecule has 0 saturated carbocycles. The number of halogens is 6. The molecule has 2 aromatic carbocycles. The molecule has 26 heteroatoms. The Bertz CT molecular complexity index is 2740. The van der Waals surface area contributed by atoms with E-state index in [0.717, 1.165) is 5.69 Å². The monoisotopic (exact) mass is 921 g/mol. The first kappa shape index (κ1) is 49.7. The van der Waals surface area contributed by atoms with E-state index in [1.54, 1.807) is 45.3 Å². The number of imidazole rings is 2. The van der Waals surface area contributed by atoms with Crippen LogP contribution in [-0.2, 0) is 35.8 Å². The average molecular weight is 922 g/mol. The minimum atomic E-state index is -5.08. The molecule has 4 aromatic heterocycles. The lowest BCUT2D eigenvalue weighted by molar-refractivity contribution is -0.193. The van der Waals surface area contributed by atoms with Crippen LogP contribution >= 0.6 is 0 Å². The number of carboxylic acids is 2. The second-order valence-electron chi connectivity index (χ2n) is 13.3. The molecule has 0 radical (unpaired) electrons. The van der Waals surface area contributed by atoms with E-state index in [-0.39, 0.29) is 24.0 Å². The smallest absolute Gasteiger partial charge is 0.490 e. The van der Waals surface area contributed by atoms with Gasteiger partial charge < -0.3 is 34.6 Å². The number of allylic oxidation sites excluding steroid dienone is 2. The molecule has 0 aliphatic heterocycles. The molecule has 4 heterocycles. The van der Waals surface area contributed by atoms with E-state index in [0.29, 0.717) is 76.2 Å². The van der Waals surface area contributed by atoms with Gasteiger partial charge in [0.1, 0.15) is 33.9 Å². The highest BCUT2D eigenvalue weighted by Crippen LogP contribution is 2.32. The SMILES string of the molecule is CCn1nc(C)cc1C(=O)Nc1nc2cccc(OC)c2n1C/C=C/Cn1c(NC(=O)c2cc(C)nn2CC)nc2cc(C(N)=O)cc(OC)c21.O=C(O)C(F)(F)F.O=C(O)C(F)(F)F. The van der Waals surface area contributed by atoms with Gasteiger partial charge in [0.25, 0.3) is 11.8 Å². The van der Waals surface area contributed by atoms with Crippen molar-refractivity contribution in [2.24, 2.45) is 5.73 Å². The van der Waals surface area contributed by atoms with Crippen LogP contribution in [0.4, 0.5) is 38.2 Å². The van der Waals surface area contributed by atoms with E-state index in [4.69, 9.17) is 40.0 Å². The van der Waals surface area contributed by atoms with Crippen molar-refractivity contribution in [3.63, 3.8) is 0 Å². The fourth-order valence-electron chi connectivity index (χ4n) is 6.02. The van der Waals surface area contributed by atoms with Gasteiger partial charge in [0.15, 0.2) is 0 Å². The Kier molecular flexibility index (Phi) is 15.7. The number of amides is 3. The Morgan fingerprint density at radius 2 is 1.11 bits per heavy atom. The lowest BCUT2D eigenvalue weighted by Gasteiger charge is -2.12. The summed E-state index contributed by atoms with van der Waals surface area (Å²) in [7, 11) is 3.06. The summed E-state index contributed by atoms with van der Waals surface area (Å²) in [5.74, 6) is -5.40. The number of anilines is 2. The molecular formula is C39H41F6N11O9. The lowest BCUT2D eigenvalue weighted by atomic mass is 10.1. The number of alkyl halides is 6. The third-order valence-electron chi connectivity index (χ3n) is 8.81. The standard InChI is InChI=1S/C35H39N11O5.2C2HF3O2/c1-7-45-25(16-20(3)41-45)32(48)39-34-37-23-12-11-13-27(50-5)29(23)43(34)14-9-10-15-44-30-24(18-22(31(36)47)19-28(30)51-6)38-35(44)40-33(49)26-17-21(4)42-46(26)8-2;2*3-2(4,5)1(6)7/h9-13,16-19H,7-8,14-15H2,1-6H3,(H2,36,47)(H,37,39,48)(H,38,40,49);2*(H,6,7)/b10-9+;;. The number of carbonyl (C=O) groups is 5. The van der Waals surface area contributed by atoms with Gasteiger partial charge in [0, 0.05) is 31.7 Å². The van der Waals surface area contributed by atoms with E-state index in [9.17, 15) is 40.7 Å². The topological polar surface area (TPSA) is 266 Å². The third kappa shape index (κ3) is 12.0. The van der Waals surface area contributed by atoms with Crippen molar-refractivity contribution < 1.29 is 70.0 Å². The van der Waals surface area contributed by atoms with Crippen molar-refractivity contribution >= 4 is 63.6 Å². The van der Waals surface area contributed by atoms with Gasteiger partial charge >= 0.3 is 24.3 Å². The molecule has 6 aromatic rings. The Morgan fingerprint density at radius 3 is 1.49 bits per heavy atom. The van der Waals surface area contributed by atoms with Crippen molar-refractivity contribution in [3.05, 3.63) is 83.0 Å². The molecule has 348 valence electrons. The number of aliphatic carboxylic acids is 2. The van der Waals surface area contributed by atoms with Gasteiger partial charge in [0.05, 0.1) is 36.6 Å². The molecule has 0 aliphatic carbocycles. The van der Waals surface area contributed by atoms with Crippen molar-refractivity contribution in [1.29, 1.82) is 0 Å². The summed E-state index contributed by atoms with van der Waals surface area (Å²) in [5.41, 5.74) is 10.3. The Morgan fingerprint density at radius 1 is 0.692 bits per heavy atom. The highest BCUT2D eigenvalue weighted by Gasteiger charge is 2.39. The average Bonchev–Trinajstić information content (AvgIpc) is 4.00. The molecule has 0 spiro atoms. The van der Waals surface area contributed by atoms with Gasteiger partial charge in [-0.3, -0.25) is 34.4 Å². The van der Waals surface area contributed by atoms with E-state index in [2.05, 4.69) is 25.8 Å². The summed E-state index contributed by atoms with van der Waals surface area (Å²) in [6.07, 6.45) is -6.37. The summed E-state index contributed by atoms with van der Waals surface area (Å²) in [6.45, 7) is 9.04. The van der Waals surface area contributed by atoms with Gasteiger partial charge in [0.2, 0.25) is 17.8 Å². The minimum absolute atomic E-state index is 0.213. The molecule has 0 saturated heterocycles. The fourth-order valence-corrected chi connectivity index (χ4v) is 6.02. The molecule has 3 amide bonds. The number of carbonyl (C=O) groups excluding carboxylic acids is 3. The predicted octanol–water partition coefficient (Wildman–Crippen LogP) is 5.58. The van der Waals surface area contributed by atoms with Gasteiger partial charge in [-0.1, -0.05) is 18.2 Å². The second-order valence-corrected chi connectivity index (χ2v) is 13.3. The summed E-state index contributed by atoms with van der Waals surface area (Å²) in [5, 5.41) is 28.9. The number of methoxy groups -OCH3 is 2. The number of aromatic nitrogens is 8. The number of carboxylic acid groups (broad SMARTS) is 2. The number of ether oxygens (including phenoxy) is 2. The van der Waals surface area contributed by atoms with Crippen molar-refractivity contribution in [3.8, 4) is 11.5 Å². The number of nitrogens with two attached hydrogens (primary N) is 1. The van der Waals surface area contributed by atoms with Crippen LogP contribution in [0.2, 0.25) is 0 Å². The molecule has 0 unspecified atom stereocenters. The molecule has 0 bridgehead atoms. The lowest BCUT2D eigenvalue weighted by Crippen LogP contribution is -2.21. The first-order valence-electron chi connectivity index (χ1n) is 18.8. The maximum atomic E-state index is 13.5. The van der Waals surface area contributed by atoms with E-state index in [1.165, 1.54) is 7.11 Å². The first-order valence-corrected chi connectivity index (χ1v) is 18.8. The molecule has 20 nitrogen and oxygen atoms in total. The third-order valence-corrected chi connectivity index (χ3v) is 8.81. The summed E-state index contributed by atoms with van der Waals surface area (Å²) < 4.78 is 81.7. The maximum Gasteiger partial charge on any atom is 0.490 e. The van der Waals surface area contributed by atoms with Crippen LogP contribution in [0.1, 0.15) is 56.6 Å². The number of rotatable bonds is 13. The second kappa shape index (κ2) is 20.5. The van der Waals surface area contributed by atoms with Crippen LogP contribution in [0.5, 0.6) is 11.5 Å². The number of hydrogen-bond acceptors (Lipinski definition) is 11. The zero-order valence-corrected chi connectivity index (χ0v) is 35.2. The van der Waals surface area contributed by atoms with E-state index < -0.39 is 36.1 Å². The van der Waals surface area contributed by atoms with E-state index in [1.807, 2.05) is 62.6 Å². The Balaban J connectivity index is 0.000000572. The maximum absolute atomic E-state index is 13.5. The normalized spacial score (nSPS) is 11.4. The summed E-state index contributed by atoms with van der Waals surface area (Å²) >= 11 is 0. The van der Waals surface area contributed by atoms with Crippen LogP contribution < -0.4 is 25.8 Å². The number of para-hydroxylation sites is 1. The highest BCUT2D eigenvalue weighted by molar-refractivity contribution is 6.05. The number of hydrogen-bond donors (Lipinski definition) is 5. The number of primary amides is 1. The largest absolute Gasteiger partial charge is 0.494 e. The van der Waals surface area contributed by atoms with Crippen molar-refractivity contribution in [1.82, 2.24) is 38.7 Å². The van der Waals surface area contributed by atoms with Gasteiger partial charge in [-0.15, -0.1) is 0 Å². The van der Waals surface area contributed by atoms with Crippen LogP contribution in [-0.4, -0.2) is 105 Å². The molecule has 6 N–H and O–H groups in total. The molecule has 65 heavy (non-hydrogen) atoms. The van der Waals surface area contributed by atoms with Crippen molar-refractivity contribution in [2.45, 2.75) is 66.2 Å². The minimum Gasteiger partial charge on any atom is -0.494 e. The van der Waals surface area contributed by atoms with Crippen LogP contribution in [0.3, 0.4) is 0 Å². The number of aryl methyl sites for hydroxylation is 4. The van der Waals surface area contributed by atoms with Crippen LogP contribution in [0, 0.1) is 13.8 Å². The Labute approximate surface area is 363 Å². The zero-order valence-electron chi connectivity index (χ0n) is 35.2. The number of nitrogens with zero attached hydrogens (tertiary/aromatic N) is 8. The summed E-state index contributed by atoms with van der Waals surface area (Å²) in [4.78, 5) is 66.2. The fraction of sp³-hybridized carbons (Fsp3) is 0.308. The Hall–Kier alpha value is -7.93. The predicted molar refractivity (Wildman–Crippen MR) is 219 cm³/mol. The molecule has 0 atom stereocenters. The quantitative estimate of drug-likeness (QED) is 0.0701. The number of benzene rings is 2. The first-order chi connectivity index (χ1) is 30.4. The van der Waals surface area contributed by atoms with Gasteiger partial charge in [-0.25, -0.2) is 19.6 Å². The highest BCUT2D eigenvalue weighted by atomic mass is 19.4. The summed E-state index contributed by atoms with van der Waals surface area (Å²) in [6, 6.07) is 12.0. The molecule has 6 rings (SSSR count). The molecular weight excluding hydrogens is 880 g/mol. The van der Waals surface area contributed by atoms with Crippen molar-refractivity contribution in [2.75, 3.05) is 24.9 Å². The number of nitrogens with one attached hydrogen (secondary N) is 2. The van der Waals surface area contributed by atoms with Gasteiger partial charge in [-0.05, 0) is 64.1 Å². The van der Waals surface area contributed by atoms with Crippen LogP contribution in [0.15, 0.2) is 54.6 Å². The molecule has 0 aliphatic rings. The van der Waals surface area contributed by atoms with Crippen LogP contribution in [0.25, 0.3) is 22.1 Å². The van der Waals surface area contributed by atoms with E-state index >= 15 is 0 Å². The van der Waals surface area contributed by atoms with Gasteiger partial charge in [-0.2, -0.15) is 36.5 Å². The molecule has 0 fully saturated rings.